The Morgan fingerprint density at radius 3 is 2.60 bits per heavy atom. The van der Waals surface area contributed by atoms with E-state index in [1.165, 1.54) is 19.3 Å². The van der Waals surface area contributed by atoms with Gasteiger partial charge in [-0.3, -0.25) is 4.40 Å². The van der Waals surface area contributed by atoms with Crippen LogP contribution in [0.2, 0.25) is 0 Å². The van der Waals surface area contributed by atoms with Gasteiger partial charge < -0.3 is 14.8 Å². The molecule has 1 aliphatic carbocycles. The van der Waals surface area contributed by atoms with Gasteiger partial charge in [0, 0.05) is 26.7 Å². The summed E-state index contributed by atoms with van der Waals surface area (Å²) in [6.45, 7) is 0. The first-order chi connectivity index (χ1) is 17.0. The molecule has 5 rings (SSSR count). The van der Waals surface area contributed by atoms with Gasteiger partial charge in [-0.05, 0) is 77.3 Å². The van der Waals surface area contributed by atoms with E-state index in [0.29, 0.717) is 23.1 Å². The van der Waals surface area contributed by atoms with Gasteiger partial charge in [0.25, 0.3) is 0 Å². The van der Waals surface area contributed by atoms with Gasteiger partial charge >= 0.3 is 5.97 Å². The molecule has 1 fully saturated rings. The smallest absolute Gasteiger partial charge is 0.343 e. The largest absolute Gasteiger partial charge is 0.493 e. The van der Waals surface area contributed by atoms with Crippen LogP contribution in [0.15, 0.2) is 69.7 Å². The first-order valence-corrected chi connectivity index (χ1v) is 13.2. The molecule has 6 nitrogen and oxygen atoms in total. The van der Waals surface area contributed by atoms with Gasteiger partial charge in [0.2, 0.25) is 0 Å². The number of esters is 1. The van der Waals surface area contributed by atoms with Crippen molar-refractivity contribution in [3.8, 4) is 22.8 Å². The molecular weight excluding hydrogens is 574 g/mol. The summed E-state index contributed by atoms with van der Waals surface area (Å²) in [7, 11) is 1.57. The number of fused-ring (bicyclic) bond motifs is 1. The maximum absolute atomic E-state index is 12.7. The van der Waals surface area contributed by atoms with Crippen molar-refractivity contribution < 1.29 is 14.3 Å². The Balaban J connectivity index is 1.50. The van der Waals surface area contributed by atoms with E-state index < -0.39 is 5.97 Å². The molecule has 2 aromatic carbocycles. The highest BCUT2D eigenvalue weighted by atomic mass is 79.9. The average Bonchev–Trinajstić information content (AvgIpc) is 3.22. The molecule has 0 saturated heterocycles. The number of nitrogens with one attached hydrogen (secondary N) is 1. The summed E-state index contributed by atoms with van der Waals surface area (Å²) in [5, 5.41) is 3.76. The van der Waals surface area contributed by atoms with E-state index >= 15 is 0 Å². The Morgan fingerprint density at radius 1 is 1.00 bits per heavy atom. The molecule has 180 valence electrons. The van der Waals surface area contributed by atoms with Gasteiger partial charge in [-0.15, -0.1) is 0 Å². The lowest BCUT2D eigenvalue weighted by Gasteiger charge is -2.24. The fraction of sp³-hybridized carbons (Fsp3) is 0.259. The minimum Gasteiger partial charge on any atom is -0.493 e. The molecule has 0 aliphatic heterocycles. The number of anilines is 1. The van der Waals surface area contributed by atoms with E-state index in [9.17, 15) is 4.79 Å². The molecule has 0 bridgehead atoms. The summed E-state index contributed by atoms with van der Waals surface area (Å²) >= 11 is 6.98. The second-order valence-electron chi connectivity index (χ2n) is 8.63. The van der Waals surface area contributed by atoms with Gasteiger partial charge in [0.15, 0.2) is 11.5 Å². The number of methoxy groups -OCH3 is 1. The maximum atomic E-state index is 12.7. The molecule has 0 radical (unpaired) electrons. The monoisotopic (exact) mass is 597 g/mol. The molecule has 0 spiro atoms. The minimum atomic E-state index is -0.449. The summed E-state index contributed by atoms with van der Waals surface area (Å²) < 4.78 is 15.1. The number of rotatable bonds is 6. The van der Waals surface area contributed by atoms with Crippen molar-refractivity contribution in [2.24, 2.45) is 0 Å². The molecular formula is C27H25Br2N3O3. The van der Waals surface area contributed by atoms with E-state index in [1.807, 2.05) is 36.5 Å². The van der Waals surface area contributed by atoms with E-state index in [2.05, 4.69) is 41.6 Å². The number of halogens is 2. The lowest BCUT2D eigenvalue weighted by atomic mass is 9.95. The molecule has 1 N–H and O–H groups in total. The van der Waals surface area contributed by atoms with Crippen LogP contribution in [-0.4, -0.2) is 28.5 Å². The first kappa shape index (κ1) is 23.9. The van der Waals surface area contributed by atoms with Crippen molar-refractivity contribution in [1.82, 2.24) is 9.38 Å². The molecule has 0 unspecified atom stereocenters. The number of carbonyl (C=O) groups is 1. The third-order valence-corrected chi connectivity index (χ3v) is 7.19. The van der Waals surface area contributed by atoms with Gasteiger partial charge in [0.05, 0.1) is 12.7 Å². The first-order valence-electron chi connectivity index (χ1n) is 11.6. The fourth-order valence-corrected chi connectivity index (χ4v) is 5.21. The molecule has 4 aromatic rings. The van der Waals surface area contributed by atoms with E-state index in [4.69, 9.17) is 14.5 Å². The number of pyridine rings is 1. The van der Waals surface area contributed by atoms with E-state index in [-0.39, 0.29) is 0 Å². The van der Waals surface area contributed by atoms with Gasteiger partial charge in [-0.1, -0.05) is 41.3 Å². The summed E-state index contributed by atoms with van der Waals surface area (Å²) in [6.07, 6.45) is 8.09. The normalized spacial score (nSPS) is 14.1. The number of nitrogens with zero attached hydrogens (tertiary/aromatic N) is 2. The van der Waals surface area contributed by atoms with Crippen LogP contribution in [-0.2, 0) is 0 Å². The zero-order valence-electron chi connectivity index (χ0n) is 19.3. The highest BCUT2D eigenvalue weighted by Crippen LogP contribution is 2.37. The van der Waals surface area contributed by atoms with Crippen LogP contribution in [0.4, 0.5) is 5.82 Å². The zero-order chi connectivity index (χ0) is 24.4. The Kier molecular flexibility index (Phi) is 7.11. The van der Waals surface area contributed by atoms with Crippen molar-refractivity contribution in [1.29, 1.82) is 0 Å². The van der Waals surface area contributed by atoms with Crippen LogP contribution < -0.4 is 14.8 Å². The molecule has 2 heterocycles. The second-order valence-corrected chi connectivity index (χ2v) is 10.5. The maximum Gasteiger partial charge on any atom is 0.343 e. The van der Waals surface area contributed by atoms with Crippen LogP contribution in [0.3, 0.4) is 0 Å². The van der Waals surface area contributed by atoms with Crippen LogP contribution >= 0.6 is 31.9 Å². The van der Waals surface area contributed by atoms with E-state index in [1.54, 1.807) is 31.4 Å². The number of hydrogen-bond acceptors (Lipinski definition) is 5. The lowest BCUT2D eigenvalue weighted by Crippen LogP contribution is -2.23. The molecule has 1 aliphatic rings. The summed E-state index contributed by atoms with van der Waals surface area (Å²) in [5.41, 5.74) is 3.01. The average molecular weight is 599 g/mol. The number of imidazole rings is 1. The Hall–Kier alpha value is -2.84. The number of benzene rings is 2. The second kappa shape index (κ2) is 10.4. The molecule has 35 heavy (non-hydrogen) atoms. The number of aromatic nitrogens is 2. The fourth-order valence-electron chi connectivity index (χ4n) is 4.47. The SMILES string of the molecule is COc1cc(-c2nc3ccc(Br)cn3c2NC2CCCCC2)ccc1OC(=O)c1cccc(Br)c1. The number of ether oxygens (including phenoxy) is 2. The van der Waals surface area contributed by atoms with Crippen molar-refractivity contribution in [3.63, 3.8) is 0 Å². The predicted octanol–water partition coefficient (Wildman–Crippen LogP) is 7.50. The quantitative estimate of drug-likeness (QED) is 0.184. The van der Waals surface area contributed by atoms with Crippen molar-refractivity contribution >= 4 is 49.3 Å². The topological polar surface area (TPSA) is 64.9 Å². The number of carbonyl (C=O) groups excluding carboxylic acids is 1. The van der Waals surface area contributed by atoms with Crippen LogP contribution in [0.25, 0.3) is 16.9 Å². The minimum absolute atomic E-state index is 0.356. The molecule has 0 atom stereocenters. The lowest BCUT2D eigenvalue weighted by molar-refractivity contribution is 0.0729. The van der Waals surface area contributed by atoms with Crippen molar-refractivity contribution in [3.05, 3.63) is 75.3 Å². The summed E-state index contributed by atoms with van der Waals surface area (Å²) in [4.78, 5) is 17.6. The predicted molar refractivity (Wildman–Crippen MR) is 144 cm³/mol. The third-order valence-electron chi connectivity index (χ3n) is 6.23. The Bertz CT molecular complexity index is 1380. The van der Waals surface area contributed by atoms with Gasteiger partial charge in [-0.2, -0.15) is 0 Å². The molecule has 1 saturated carbocycles. The highest BCUT2D eigenvalue weighted by Gasteiger charge is 2.21. The molecule has 8 heteroatoms. The summed E-state index contributed by atoms with van der Waals surface area (Å²) in [6, 6.07) is 17.0. The summed E-state index contributed by atoms with van der Waals surface area (Å²) in [5.74, 6) is 1.32. The number of hydrogen-bond donors (Lipinski definition) is 1. The van der Waals surface area contributed by atoms with Crippen molar-refractivity contribution in [2.45, 2.75) is 38.1 Å². The van der Waals surface area contributed by atoms with Crippen LogP contribution in [0, 0.1) is 0 Å². The Morgan fingerprint density at radius 2 is 1.83 bits per heavy atom. The molecule has 2 aromatic heterocycles. The third kappa shape index (κ3) is 5.23. The standard InChI is InChI=1S/C27H25Br2N3O3/c1-34-23-15-17(10-12-22(23)35-27(33)18-6-5-7-19(28)14-18)25-26(30-21-8-3-2-4-9-21)32-16-20(29)11-13-24(32)31-25/h5-7,10-16,21,30H,2-4,8-9H2,1H3. The zero-order valence-corrected chi connectivity index (χ0v) is 22.4. The Labute approximate surface area is 220 Å². The van der Waals surface area contributed by atoms with Gasteiger partial charge in [0.1, 0.15) is 17.2 Å². The highest BCUT2D eigenvalue weighted by molar-refractivity contribution is 9.10. The van der Waals surface area contributed by atoms with E-state index in [0.717, 1.165) is 44.5 Å². The van der Waals surface area contributed by atoms with Crippen LogP contribution in [0.1, 0.15) is 42.5 Å². The van der Waals surface area contributed by atoms with Crippen LogP contribution in [0.5, 0.6) is 11.5 Å². The molecule has 0 amide bonds. The van der Waals surface area contributed by atoms with Crippen molar-refractivity contribution in [2.75, 3.05) is 12.4 Å². The van der Waals surface area contributed by atoms with Gasteiger partial charge in [-0.25, -0.2) is 9.78 Å².